The molecule has 0 spiro atoms. The number of aromatic nitrogens is 2. The molecular formula is C42H42ClF2N9O6. The van der Waals surface area contributed by atoms with Crippen LogP contribution in [0.2, 0.25) is 5.02 Å². The van der Waals surface area contributed by atoms with Crippen molar-refractivity contribution < 1.29 is 48.5 Å². The summed E-state index contributed by atoms with van der Waals surface area (Å²) in [5.74, 6) is -6.09. The van der Waals surface area contributed by atoms with Crippen LogP contribution in [-0.2, 0) is 14.4 Å². The molecule has 0 aliphatic carbocycles. The SMILES string of the molecule is [2H]C1([2H])N(CC2CCN(C/C=C/C(=O)Nc3cc4c(Nc5ccc(F)c(Cl)c5)ncnc4cc3OC)CC2)C([2H])([2H])C([2H])([2H])N(c2cc3c(cc2F)C(=O)N(C2CCC(=O)NC2=O)C3=O)C1([2H])[2H]. The lowest BCUT2D eigenvalue weighted by Crippen LogP contribution is -2.54. The summed E-state index contributed by atoms with van der Waals surface area (Å²) in [4.78, 5) is 75.7. The smallest absolute Gasteiger partial charge is 0.262 e. The van der Waals surface area contributed by atoms with E-state index in [0.717, 1.165) is 0 Å². The number of benzene rings is 3. The molecule has 5 heterocycles. The molecule has 60 heavy (non-hydrogen) atoms. The van der Waals surface area contributed by atoms with Crippen molar-refractivity contribution in [1.29, 1.82) is 0 Å². The summed E-state index contributed by atoms with van der Waals surface area (Å²) < 4.78 is 107. The van der Waals surface area contributed by atoms with E-state index in [9.17, 15) is 28.4 Å². The van der Waals surface area contributed by atoms with Crippen LogP contribution in [0.4, 0.5) is 31.7 Å². The van der Waals surface area contributed by atoms with Gasteiger partial charge < -0.3 is 20.3 Å². The van der Waals surface area contributed by atoms with Crippen molar-refractivity contribution in [2.24, 2.45) is 5.92 Å². The zero-order valence-electron chi connectivity index (χ0n) is 39.9. The first-order chi connectivity index (χ1) is 32.0. The summed E-state index contributed by atoms with van der Waals surface area (Å²) in [5.41, 5.74) is -0.854. The summed E-state index contributed by atoms with van der Waals surface area (Å²) in [7, 11) is 1.43. The van der Waals surface area contributed by atoms with Crippen LogP contribution in [0.3, 0.4) is 0 Å². The lowest BCUT2D eigenvalue weighted by molar-refractivity contribution is -0.136. The van der Waals surface area contributed by atoms with Crippen LogP contribution in [0.5, 0.6) is 5.75 Å². The van der Waals surface area contributed by atoms with Gasteiger partial charge in [0.1, 0.15) is 35.6 Å². The largest absolute Gasteiger partial charge is 0.494 e. The van der Waals surface area contributed by atoms with Gasteiger partial charge >= 0.3 is 0 Å². The van der Waals surface area contributed by atoms with Gasteiger partial charge in [-0.3, -0.25) is 44.0 Å². The maximum absolute atomic E-state index is 16.0. The minimum atomic E-state index is -3.50. The second-order valence-corrected chi connectivity index (χ2v) is 14.8. The third-order valence-corrected chi connectivity index (χ3v) is 10.8. The van der Waals surface area contributed by atoms with Crippen molar-refractivity contribution in [3.05, 3.63) is 88.7 Å². The molecular weight excluding hydrogens is 800 g/mol. The second kappa shape index (κ2) is 17.3. The molecule has 4 aromatic rings. The van der Waals surface area contributed by atoms with E-state index in [1.165, 1.54) is 37.7 Å². The van der Waals surface area contributed by atoms with Crippen LogP contribution in [0.25, 0.3) is 10.9 Å². The highest BCUT2D eigenvalue weighted by Gasteiger charge is 2.45. The Hall–Kier alpha value is -6.04. The number of ether oxygens (including phenoxy) is 1. The number of methoxy groups -OCH3 is 1. The summed E-state index contributed by atoms with van der Waals surface area (Å²) >= 11 is 5.95. The lowest BCUT2D eigenvalue weighted by Gasteiger charge is -2.39. The molecule has 1 atom stereocenters. The number of amides is 5. The summed E-state index contributed by atoms with van der Waals surface area (Å²) in [6, 6.07) is 7.10. The Balaban J connectivity index is 0.916. The highest BCUT2D eigenvalue weighted by molar-refractivity contribution is 6.31. The van der Waals surface area contributed by atoms with Gasteiger partial charge in [0.15, 0.2) is 0 Å². The predicted molar refractivity (Wildman–Crippen MR) is 219 cm³/mol. The fourth-order valence-electron chi connectivity index (χ4n) is 7.39. The average Bonchev–Trinajstić information content (AvgIpc) is 3.50. The number of hydrogen-bond donors (Lipinski definition) is 3. The first kappa shape index (κ1) is 31.8. The number of rotatable bonds is 11. The molecule has 1 aromatic heterocycles. The molecule has 18 heteroatoms. The van der Waals surface area contributed by atoms with Gasteiger partial charge in [0.2, 0.25) is 17.7 Å². The highest BCUT2D eigenvalue weighted by Crippen LogP contribution is 2.35. The van der Waals surface area contributed by atoms with Crippen LogP contribution in [0.1, 0.15) is 57.4 Å². The molecule has 8 rings (SSSR count). The number of hydrogen-bond acceptors (Lipinski definition) is 12. The molecule has 0 saturated carbocycles. The monoisotopic (exact) mass is 849 g/mol. The van der Waals surface area contributed by atoms with Crippen molar-refractivity contribution in [1.82, 2.24) is 30.0 Å². The third-order valence-electron chi connectivity index (χ3n) is 10.5. The fraction of sp³-hybridized carbons (Fsp3) is 0.357. The molecule has 3 N–H and O–H groups in total. The van der Waals surface area contributed by atoms with Gasteiger partial charge in [-0.1, -0.05) is 17.7 Å². The van der Waals surface area contributed by atoms with E-state index < -0.39 is 102 Å². The van der Waals surface area contributed by atoms with Crippen molar-refractivity contribution in [3.63, 3.8) is 0 Å². The Morgan fingerprint density at radius 3 is 2.43 bits per heavy atom. The zero-order valence-corrected chi connectivity index (χ0v) is 32.6. The standard InChI is InChI=1S/C42H42ClF2N9O6/c1-60-36-21-32-28(39(47-23-46-32)48-25-4-5-30(44)29(43)17-25)19-33(36)49-37(55)3-2-10-51-11-8-24(9-12-51)22-52-13-15-53(16-14-52)35-20-27-26(18-31(35)45)41(58)54(42(27)59)34-6-7-38(56)50-40(34)57/h2-5,17-21,23-24,34H,6-16,22H2,1H3,(H,49,55)(H,46,47,48)(H,50,56,57)/b3-2+/i13D2,14D2,15D2,16D2. The van der Waals surface area contributed by atoms with E-state index >= 15 is 4.39 Å². The van der Waals surface area contributed by atoms with E-state index in [0.29, 0.717) is 88.3 Å². The molecule has 312 valence electrons. The van der Waals surface area contributed by atoms with Crippen LogP contribution >= 0.6 is 11.6 Å². The van der Waals surface area contributed by atoms with Crippen molar-refractivity contribution >= 4 is 74.9 Å². The average molecular weight is 850 g/mol. The molecule has 15 nitrogen and oxygen atoms in total. The Morgan fingerprint density at radius 1 is 0.967 bits per heavy atom. The molecule has 0 radical (unpaired) electrons. The van der Waals surface area contributed by atoms with E-state index in [1.807, 2.05) is 10.2 Å². The number of anilines is 4. The first-order valence-corrected chi connectivity index (χ1v) is 19.2. The molecule has 1 unspecified atom stereocenters. The van der Waals surface area contributed by atoms with E-state index in [-0.39, 0.29) is 22.8 Å². The summed E-state index contributed by atoms with van der Waals surface area (Å²) in [6.45, 7) is -13.0. The van der Waals surface area contributed by atoms with Crippen LogP contribution in [0, 0.1) is 17.6 Å². The number of carbonyl (C=O) groups excluding carboxylic acids is 5. The Bertz CT molecular complexity index is 2770. The minimum Gasteiger partial charge on any atom is -0.494 e. The number of carbonyl (C=O) groups is 5. The molecule has 3 saturated heterocycles. The zero-order chi connectivity index (χ0) is 49.2. The van der Waals surface area contributed by atoms with E-state index in [2.05, 4.69) is 20.6 Å². The maximum atomic E-state index is 16.0. The molecule has 3 fully saturated rings. The van der Waals surface area contributed by atoms with Gasteiger partial charge in [0.05, 0.1) is 45.6 Å². The van der Waals surface area contributed by atoms with Crippen molar-refractivity contribution in [2.75, 3.05) is 74.8 Å². The van der Waals surface area contributed by atoms with E-state index in [4.69, 9.17) is 27.3 Å². The van der Waals surface area contributed by atoms with Crippen molar-refractivity contribution in [2.45, 2.75) is 31.7 Å². The summed E-state index contributed by atoms with van der Waals surface area (Å²) in [6.07, 6.45) is 4.59. The number of likely N-dealkylation sites (tertiary alicyclic amines) is 1. The van der Waals surface area contributed by atoms with Gasteiger partial charge in [0.25, 0.3) is 11.8 Å². The van der Waals surface area contributed by atoms with Gasteiger partial charge in [-0.05, 0) is 74.7 Å². The minimum absolute atomic E-state index is 0.0185. The number of piperazine rings is 1. The Kier molecular flexibility index (Phi) is 9.17. The fourth-order valence-corrected chi connectivity index (χ4v) is 7.57. The highest BCUT2D eigenvalue weighted by atomic mass is 35.5. The second-order valence-electron chi connectivity index (χ2n) is 14.4. The molecule has 4 aliphatic rings. The molecule has 0 bridgehead atoms. The van der Waals surface area contributed by atoms with Gasteiger partial charge in [-0.25, -0.2) is 18.7 Å². The molecule has 4 aliphatic heterocycles. The number of nitrogens with zero attached hydrogens (tertiary/aromatic N) is 6. The van der Waals surface area contributed by atoms with Crippen LogP contribution in [0.15, 0.2) is 60.9 Å². The lowest BCUT2D eigenvalue weighted by atomic mass is 9.96. The normalized spacial score (nSPS) is 24.6. The van der Waals surface area contributed by atoms with Gasteiger partial charge in [-0.2, -0.15) is 0 Å². The van der Waals surface area contributed by atoms with Crippen molar-refractivity contribution in [3.8, 4) is 5.75 Å². The quantitative estimate of drug-likeness (QED) is 0.140. The topological polar surface area (TPSA) is 169 Å². The van der Waals surface area contributed by atoms with E-state index in [1.54, 1.807) is 18.2 Å². The number of nitrogens with one attached hydrogen (secondary N) is 3. The summed E-state index contributed by atoms with van der Waals surface area (Å²) in [5, 5.41) is 8.32. The number of halogens is 3. The first-order valence-electron chi connectivity index (χ1n) is 22.9. The third kappa shape index (κ3) is 8.50. The maximum Gasteiger partial charge on any atom is 0.262 e. The predicted octanol–water partition coefficient (Wildman–Crippen LogP) is 4.74. The Morgan fingerprint density at radius 2 is 1.72 bits per heavy atom. The molecule has 3 aromatic carbocycles. The molecule has 5 amide bonds. The van der Waals surface area contributed by atoms with Crippen LogP contribution < -0.4 is 25.6 Å². The van der Waals surface area contributed by atoms with Crippen LogP contribution in [-0.4, -0.2) is 120 Å². The Labute approximate surface area is 359 Å². The number of imide groups is 2. The number of piperidine rings is 2. The van der Waals surface area contributed by atoms with Gasteiger partial charge in [-0.15, -0.1) is 0 Å². The van der Waals surface area contributed by atoms with Gasteiger partial charge in [0, 0.05) is 74.2 Å². The number of fused-ring (bicyclic) bond motifs is 2.